The molecule has 1 unspecified atom stereocenters. The number of hydrogen-bond acceptors (Lipinski definition) is 4. The molecular weight excluding hydrogens is 180 g/mol. The molecule has 0 aromatic heterocycles. The van der Waals surface area contributed by atoms with Crippen molar-refractivity contribution in [1.29, 1.82) is 5.26 Å². The predicted octanol–water partition coefficient (Wildman–Crippen LogP) is 0.928. The molecule has 1 rings (SSSR count). The summed E-state index contributed by atoms with van der Waals surface area (Å²) in [4.78, 5) is 13.4. The Kier molecular flexibility index (Phi) is 4.41. The lowest BCUT2D eigenvalue weighted by Gasteiger charge is -2.31. The molecule has 78 valence electrons. The van der Waals surface area contributed by atoms with Crippen molar-refractivity contribution in [2.75, 3.05) is 19.7 Å². The van der Waals surface area contributed by atoms with Crippen molar-refractivity contribution >= 4 is 5.97 Å². The van der Waals surface area contributed by atoms with Gasteiger partial charge in [0.15, 0.2) is 0 Å². The molecule has 1 aliphatic heterocycles. The largest absolute Gasteiger partial charge is 0.465 e. The summed E-state index contributed by atoms with van der Waals surface area (Å²) in [6.07, 6.45) is 2.93. The summed E-state index contributed by atoms with van der Waals surface area (Å²) in [5.41, 5.74) is 0. The zero-order valence-corrected chi connectivity index (χ0v) is 8.53. The van der Waals surface area contributed by atoms with E-state index in [0.717, 1.165) is 25.8 Å². The highest BCUT2D eigenvalue weighted by molar-refractivity contribution is 5.75. The number of carbonyl (C=O) groups excluding carboxylic acids is 1. The van der Waals surface area contributed by atoms with Crippen molar-refractivity contribution in [3.8, 4) is 6.07 Å². The van der Waals surface area contributed by atoms with Crippen LogP contribution in [0.15, 0.2) is 0 Å². The Labute approximate surface area is 84.4 Å². The van der Waals surface area contributed by atoms with E-state index in [9.17, 15) is 4.79 Å². The van der Waals surface area contributed by atoms with Gasteiger partial charge in [0.2, 0.25) is 0 Å². The second kappa shape index (κ2) is 5.61. The minimum atomic E-state index is -0.191. The number of esters is 1. The second-order valence-electron chi connectivity index (χ2n) is 3.39. The number of carbonyl (C=O) groups is 1. The topological polar surface area (TPSA) is 53.3 Å². The normalized spacial score (nSPS) is 22.7. The van der Waals surface area contributed by atoms with Gasteiger partial charge in [-0.3, -0.25) is 9.69 Å². The van der Waals surface area contributed by atoms with E-state index < -0.39 is 0 Å². The molecule has 0 aliphatic carbocycles. The minimum absolute atomic E-state index is 0.178. The Balaban J connectivity index is 2.53. The SMILES string of the molecule is CCOC(=O)C1CCCCN1CC#N. The summed E-state index contributed by atoms with van der Waals surface area (Å²) in [7, 11) is 0. The molecule has 0 aromatic rings. The van der Waals surface area contributed by atoms with Crippen molar-refractivity contribution in [1.82, 2.24) is 4.90 Å². The van der Waals surface area contributed by atoms with Gasteiger partial charge in [-0.2, -0.15) is 5.26 Å². The van der Waals surface area contributed by atoms with Crippen LogP contribution in [0, 0.1) is 11.3 Å². The molecular formula is C10H16N2O2. The van der Waals surface area contributed by atoms with Crippen LogP contribution >= 0.6 is 0 Å². The van der Waals surface area contributed by atoms with Crippen LogP contribution in [0.1, 0.15) is 26.2 Å². The Bertz CT molecular complexity index is 235. The highest BCUT2D eigenvalue weighted by atomic mass is 16.5. The first-order valence-corrected chi connectivity index (χ1v) is 5.07. The van der Waals surface area contributed by atoms with Crippen molar-refractivity contribution in [3.63, 3.8) is 0 Å². The van der Waals surface area contributed by atoms with E-state index in [2.05, 4.69) is 6.07 Å². The summed E-state index contributed by atoms with van der Waals surface area (Å²) < 4.78 is 4.97. The number of rotatable bonds is 3. The van der Waals surface area contributed by atoms with Crippen LogP contribution in [0.3, 0.4) is 0 Å². The zero-order valence-electron chi connectivity index (χ0n) is 8.53. The van der Waals surface area contributed by atoms with Gasteiger partial charge in [-0.05, 0) is 19.8 Å². The number of nitriles is 1. The molecule has 0 aromatic carbocycles. The second-order valence-corrected chi connectivity index (χ2v) is 3.39. The van der Waals surface area contributed by atoms with Crippen molar-refractivity contribution in [2.45, 2.75) is 32.2 Å². The Morgan fingerprint density at radius 1 is 1.64 bits per heavy atom. The van der Waals surface area contributed by atoms with Crippen LogP contribution in [0.4, 0.5) is 0 Å². The Morgan fingerprint density at radius 3 is 3.07 bits per heavy atom. The molecule has 1 aliphatic rings. The van der Waals surface area contributed by atoms with Gasteiger partial charge in [0, 0.05) is 6.54 Å². The third-order valence-electron chi connectivity index (χ3n) is 2.45. The quantitative estimate of drug-likeness (QED) is 0.497. The van der Waals surface area contributed by atoms with Gasteiger partial charge in [-0.15, -0.1) is 0 Å². The lowest BCUT2D eigenvalue weighted by molar-refractivity contribution is -0.150. The molecule has 0 bridgehead atoms. The molecule has 1 atom stereocenters. The van der Waals surface area contributed by atoms with E-state index in [1.807, 2.05) is 4.90 Å². The van der Waals surface area contributed by atoms with E-state index in [4.69, 9.17) is 10.00 Å². The number of ether oxygens (including phenoxy) is 1. The van der Waals surface area contributed by atoms with Gasteiger partial charge in [-0.25, -0.2) is 0 Å². The molecule has 1 heterocycles. The maximum absolute atomic E-state index is 11.5. The standard InChI is InChI=1S/C10H16N2O2/c1-2-14-10(13)9-5-3-4-7-12(9)8-6-11/h9H,2-5,7-8H2,1H3. The van der Waals surface area contributed by atoms with Gasteiger partial charge in [-0.1, -0.05) is 6.42 Å². The zero-order chi connectivity index (χ0) is 10.4. The van der Waals surface area contributed by atoms with Crippen LogP contribution < -0.4 is 0 Å². The van der Waals surface area contributed by atoms with E-state index in [-0.39, 0.29) is 12.0 Å². The molecule has 0 radical (unpaired) electrons. The third kappa shape index (κ3) is 2.71. The van der Waals surface area contributed by atoms with E-state index in [1.165, 1.54) is 0 Å². The third-order valence-corrected chi connectivity index (χ3v) is 2.45. The lowest BCUT2D eigenvalue weighted by atomic mass is 10.0. The fourth-order valence-corrected chi connectivity index (χ4v) is 1.78. The first kappa shape index (κ1) is 11.0. The molecule has 4 nitrogen and oxygen atoms in total. The molecule has 0 saturated carbocycles. The maximum Gasteiger partial charge on any atom is 0.323 e. The van der Waals surface area contributed by atoms with Crippen LogP contribution in [-0.2, 0) is 9.53 Å². The molecule has 0 N–H and O–H groups in total. The van der Waals surface area contributed by atoms with E-state index in [1.54, 1.807) is 6.92 Å². The van der Waals surface area contributed by atoms with Gasteiger partial charge in [0.05, 0.1) is 19.2 Å². The monoisotopic (exact) mass is 196 g/mol. The first-order valence-electron chi connectivity index (χ1n) is 5.07. The van der Waals surface area contributed by atoms with Gasteiger partial charge >= 0.3 is 5.97 Å². The van der Waals surface area contributed by atoms with Crippen molar-refractivity contribution in [3.05, 3.63) is 0 Å². The van der Waals surface area contributed by atoms with Gasteiger partial charge in [0.25, 0.3) is 0 Å². The van der Waals surface area contributed by atoms with Crippen molar-refractivity contribution < 1.29 is 9.53 Å². The number of piperidine rings is 1. The fourth-order valence-electron chi connectivity index (χ4n) is 1.78. The average Bonchev–Trinajstić information content (AvgIpc) is 2.19. The minimum Gasteiger partial charge on any atom is -0.465 e. The highest BCUT2D eigenvalue weighted by Crippen LogP contribution is 2.17. The fraction of sp³-hybridized carbons (Fsp3) is 0.800. The molecule has 1 saturated heterocycles. The Hall–Kier alpha value is -1.08. The summed E-state index contributed by atoms with van der Waals surface area (Å²) in [6, 6.07) is 1.89. The molecule has 4 heteroatoms. The number of hydrogen-bond donors (Lipinski definition) is 0. The molecule has 14 heavy (non-hydrogen) atoms. The number of likely N-dealkylation sites (tertiary alicyclic amines) is 1. The number of nitrogens with zero attached hydrogens (tertiary/aromatic N) is 2. The smallest absolute Gasteiger partial charge is 0.323 e. The summed E-state index contributed by atoms with van der Waals surface area (Å²) in [5.74, 6) is -0.178. The van der Waals surface area contributed by atoms with Crippen LogP contribution in [0.2, 0.25) is 0 Å². The van der Waals surface area contributed by atoms with Gasteiger partial charge in [0.1, 0.15) is 6.04 Å². The Morgan fingerprint density at radius 2 is 2.43 bits per heavy atom. The van der Waals surface area contributed by atoms with Crippen LogP contribution in [0.25, 0.3) is 0 Å². The summed E-state index contributed by atoms with van der Waals surface area (Å²) >= 11 is 0. The maximum atomic E-state index is 11.5. The van der Waals surface area contributed by atoms with Crippen molar-refractivity contribution in [2.24, 2.45) is 0 Å². The molecule has 0 spiro atoms. The van der Waals surface area contributed by atoms with Gasteiger partial charge < -0.3 is 4.74 Å². The lowest BCUT2D eigenvalue weighted by Crippen LogP contribution is -2.45. The predicted molar refractivity (Wildman–Crippen MR) is 51.5 cm³/mol. The first-order chi connectivity index (χ1) is 6.79. The van der Waals surface area contributed by atoms with E-state index >= 15 is 0 Å². The van der Waals surface area contributed by atoms with E-state index in [0.29, 0.717) is 13.2 Å². The molecule has 0 amide bonds. The van der Waals surface area contributed by atoms with Crippen LogP contribution in [0.5, 0.6) is 0 Å². The highest BCUT2D eigenvalue weighted by Gasteiger charge is 2.29. The molecule has 1 fully saturated rings. The summed E-state index contributed by atoms with van der Waals surface area (Å²) in [5, 5.41) is 8.60. The summed E-state index contributed by atoms with van der Waals surface area (Å²) in [6.45, 7) is 3.37. The van der Waals surface area contributed by atoms with Crippen LogP contribution in [-0.4, -0.2) is 36.6 Å². The average molecular weight is 196 g/mol.